The highest BCUT2D eigenvalue weighted by molar-refractivity contribution is 5.87. The van der Waals surface area contributed by atoms with E-state index in [9.17, 15) is 22.4 Å². The number of ether oxygens (including phenoxy) is 2. The number of alkyl halides is 3. The molecule has 1 aromatic carbocycles. The van der Waals surface area contributed by atoms with Crippen LogP contribution < -0.4 is 10.1 Å². The predicted molar refractivity (Wildman–Crippen MR) is 100 cm³/mol. The van der Waals surface area contributed by atoms with Crippen molar-refractivity contribution >= 4 is 11.8 Å². The van der Waals surface area contributed by atoms with Gasteiger partial charge in [-0.25, -0.2) is 4.79 Å². The number of aromatic nitrogens is 1. The van der Waals surface area contributed by atoms with E-state index in [1.807, 2.05) is 13.0 Å². The first-order valence-corrected chi connectivity index (χ1v) is 9.07. The minimum Gasteiger partial charge on any atom is -0.405 e. The molecule has 9 heteroatoms. The van der Waals surface area contributed by atoms with Gasteiger partial charge < -0.3 is 9.47 Å². The van der Waals surface area contributed by atoms with Crippen molar-refractivity contribution in [1.82, 2.24) is 4.57 Å². The molecule has 0 aliphatic heterocycles. The third kappa shape index (κ3) is 5.72. The Morgan fingerprint density at radius 1 is 1.21 bits per heavy atom. The molecule has 29 heavy (non-hydrogen) atoms. The van der Waals surface area contributed by atoms with Crippen molar-refractivity contribution in [3.63, 3.8) is 0 Å². The van der Waals surface area contributed by atoms with Crippen molar-refractivity contribution in [1.29, 1.82) is 0 Å². The van der Waals surface area contributed by atoms with E-state index in [0.29, 0.717) is 22.4 Å². The number of rotatable bonds is 7. The van der Waals surface area contributed by atoms with Crippen LogP contribution in [0, 0.1) is 11.9 Å². The summed E-state index contributed by atoms with van der Waals surface area (Å²) >= 11 is 0. The molecule has 2 aromatic rings. The number of amides is 1. The number of carbonyl (C=O) groups excluding carboxylic acids is 1. The van der Waals surface area contributed by atoms with E-state index in [0.717, 1.165) is 12.0 Å². The number of methoxy groups -OCH3 is 1. The van der Waals surface area contributed by atoms with Crippen LogP contribution in [0.3, 0.4) is 0 Å². The number of hydrogen-bond acceptors (Lipinski definition) is 3. The number of halogens is 4. The molecule has 160 valence electrons. The minimum atomic E-state index is -4.90. The zero-order chi connectivity index (χ0) is 21.8. The largest absolute Gasteiger partial charge is 0.421 e. The minimum absolute atomic E-state index is 0.0942. The zero-order valence-electron chi connectivity index (χ0n) is 16.6. The summed E-state index contributed by atoms with van der Waals surface area (Å²) in [6.07, 6.45) is -4.77. The van der Waals surface area contributed by atoms with E-state index in [4.69, 9.17) is 4.74 Å². The lowest BCUT2D eigenvalue weighted by Gasteiger charge is -2.18. The summed E-state index contributed by atoms with van der Waals surface area (Å²) in [4.78, 5) is 12.3. The first-order valence-electron chi connectivity index (χ1n) is 9.07. The van der Waals surface area contributed by atoms with Crippen LogP contribution in [-0.4, -0.2) is 17.8 Å². The standard InChI is InChI=1S/C20H24F4N2O3/c1-12(2)9-13(3)14-7-5-6-8-16(14)25-19(27)29-17-15(20(22,23)24)10-26(11-28-4)18(17)21/h5-8,10,12-13H,9,11H2,1-4H3,(H,25,27). The molecule has 1 unspecified atom stereocenters. The maximum Gasteiger partial charge on any atom is 0.421 e. The second-order valence-corrected chi connectivity index (χ2v) is 7.18. The van der Waals surface area contributed by atoms with E-state index in [-0.39, 0.29) is 5.92 Å². The van der Waals surface area contributed by atoms with Gasteiger partial charge in [0.15, 0.2) is 5.75 Å². The first kappa shape index (κ1) is 22.7. The second kappa shape index (κ2) is 9.30. The number of benzene rings is 1. The Morgan fingerprint density at radius 2 is 1.86 bits per heavy atom. The Morgan fingerprint density at radius 3 is 2.45 bits per heavy atom. The van der Waals surface area contributed by atoms with Crippen molar-refractivity contribution < 1.29 is 31.8 Å². The molecule has 0 aliphatic carbocycles. The Hall–Kier alpha value is -2.55. The van der Waals surface area contributed by atoms with Gasteiger partial charge in [0.2, 0.25) is 5.95 Å². The van der Waals surface area contributed by atoms with Crippen LogP contribution in [-0.2, 0) is 17.6 Å². The highest BCUT2D eigenvalue weighted by Crippen LogP contribution is 2.39. The van der Waals surface area contributed by atoms with E-state index < -0.39 is 36.3 Å². The number of nitrogens with zero attached hydrogens (tertiary/aromatic N) is 1. The topological polar surface area (TPSA) is 52.5 Å². The molecule has 0 radical (unpaired) electrons. The Kier molecular flexibility index (Phi) is 7.29. The highest BCUT2D eigenvalue weighted by Gasteiger charge is 2.39. The summed E-state index contributed by atoms with van der Waals surface area (Å²) in [5.41, 5.74) is -0.189. The Balaban J connectivity index is 2.27. The van der Waals surface area contributed by atoms with E-state index in [2.05, 4.69) is 23.9 Å². The lowest BCUT2D eigenvalue weighted by molar-refractivity contribution is -0.138. The predicted octanol–water partition coefficient (Wildman–Crippen LogP) is 6.01. The van der Waals surface area contributed by atoms with Crippen LogP contribution in [0.15, 0.2) is 30.5 Å². The molecule has 0 saturated carbocycles. The van der Waals surface area contributed by atoms with Gasteiger partial charge in [0.05, 0.1) is 0 Å². The van der Waals surface area contributed by atoms with Gasteiger partial charge in [0.1, 0.15) is 12.3 Å². The molecule has 5 nitrogen and oxygen atoms in total. The van der Waals surface area contributed by atoms with Gasteiger partial charge in [-0.15, -0.1) is 0 Å². The zero-order valence-corrected chi connectivity index (χ0v) is 16.6. The molecule has 0 aliphatic rings. The average Bonchev–Trinajstić information content (AvgIpc) is 2.91. The van der Waals surface area contributed by atoms with Crippen LogP contribution in [0.1, 0.15) is 44.2 Å². The van der Waals surface area contributed by atoms with Crippen molar-refractivity contribution in [2.75, 3.05) is 12.4 Å². The summed E-state index contributed by atoms with van der Waals surface area (Å²) < 4.78 is 64.0. The molecule has 1 aromatic heterocycles. The molecule has 0 bridgehead atoms. The number of hydrogen-bond donors (Lipinski definition) is 1. The summed E-state index contributed by atoms with van der Waals surface area (Å²) in [7, 11) is 1.20. The van der Waals surface area contributed by atoms with Crippen LogP contribution >= 0.6 is 0 Å². The summed E-state index contributed by atoms with van der Waals surface area (Å²) in [5.74, 6) is -2.04. The quantitative estimate of drug-likeness (QED) is 0.563. The SMILES string of the molecule is COCn1cc(C(F)(F)F)c(OC(=O)Nc2ccccc2C(C)CC(C)C)c1F. The molecule has 0 fully saturated rings. The maximum absolute atomic E-state index is 14.3. The van der Waals surface area contributed by atoms with Crippen molar-refractivity contribution in [3.8, 4) is 5.75 Å². The third-order valence-corrected chi connectivity index (χ3v) is 4.29. The summed E-state index contributed by atoms with van der Waals surface area (Å²) in [6.45, 7) is 5.65. The molecule has 0 saturated heterocycles. The van der Waals surface area contributed by atoms with Crippen LogP contribution in [0.25, 0.3) is 0 Å². The van der Waals surface area contributed by atoms with Crippen LogP contribution in [0.4, 0.5) is 28.0 Å². The molecule has 0 spiro atoms. The number of para-hydroxylation sites is 1. The number of nitrogens with one attached hydrogen (secondary N) is 1. The summed E-state index contributed by atoms with van der Waals surface area (Å²) in [5, 5.41) is 2.42. The smallest absolute Gasteiger partial charge is 0.405 e. The molecular formula is C20H24F4N2O3. The number of anilines is 1. The average molecular weight is 416 g/mol. The fourth-order valence-corrected chi connectivity index (χ4v) is 3.15. The van der Waals surface area contributed by atoms with Crippen molar-refractivity contribution in [2.45, 2.75) is 46.0 Å². The van der Waals surface area contributed by atoms with Crippen LogP contribution in [0.5, 0.6) is 5.75 Å². The fourth-order valence-electron chi connectivity index (χ4n) is 3.15. The van der Waals surface area contributed by atoms with Gasteiger partial charge in [-0.1, -0.05) is 39.0 Å². The molecule has 2 rings (SSSR count). The highest BCUT2D eigenvalue weighted by atomic mass is 19.4. The first-order chi connectivity index (χ1) is 13.5. The van der Waals surface area contributed by atoms with Gasteiger partial charge in [0, 0.05) is 19.0 Å². The van der Waals surface area contributed by atoms with E-state index in [1.54, 1.807) is 18.2 Å². The van der Waals surface area contributed by atoms with Crippen molar-refractivity contribution in [3.05, 3.63) is 47.5 Å². The number of carbonyl (C=O) groups is 1. The Labute approximate surface area is 166 Å². The van der Waals surface area contributed by atoms with Gasteiger partial charge in [-0.05, 0) is 29.9 Å². The molecular weight excluding hydrogens is 392 g/mol. The Bertz CT molecular complexity index is 847. The van der Waals surface area contributed by atoms with Gasteiger partial charge in [-0.2, -0.15) is 17.6 Å². The normalized spacial score (nSPS) is 12.9. The monoisotopic (exact) mass is 416 g/mol. The van der Waals surface area contributed by atoms with E-state index >= 15 is 0 Å². The third-order valence-electron chi connectivity index (χ3n) is 4.29. The lowest BCUT2D eigenvalue weighted by Crippen LogP contribution is -2.20. The fraction of sp³-hybridized carbons (Fsp3) is 0.450. The van der Waals surface area contributed by atoms with Crippen LogP contribution in [0.2, 0.25) is 0 Å². The second-order valence-electron chi connectivity index (χ2n) is 7.18. The van der Waals surface area contributed by atoms with E-state index in [1.165, 1.54) is 7.11 Å². The summed E-state index contributed by atoms with van der Waals surface area (Å²) in [6, 6.07) is 6.91. The van der Waals surface area contributed by atoms with Gasteiger partial charge >= 0.3 is 12.3 Å². The molecule has 1 heterocycles. The van der Waals surface area contributed by atoms with Gasteiger partial charge in [-0.3, -0.25) is 9.88 Å². The van der Waals surface area contributed by atoms with Gasteiger partial charge in [0.25, 0.3) is 0 Å². The molecule has 1 amide bonds. The lowest BCUT2D eigenvalue weighted by atomic mass is 9.91. The maximum atomic E-state index is 14.3. The molecule has 1 N–H and O–H groups in total. The molecule has 1 atom stereocenters. The van der Waals surface area contributed by atoms with Crippen molar-refractivity contribution in [2.24, 2.45) is 5.92 Å².